The Hall–Kier alpha value is -2.60. The van der Waals surface area contributed by atoms with E-state index in [1.807, 2.05) is 0 Å². The molecule has 3 N–H and O–H groups in total. The Morgan fingerprint density at radius 2 is 2.20 bits per heavy atom. The van der Waals surface area contributed by atoms with Gasteiger partial charge in [-0.1, -0.05) is 15.9 Å². The number of H-pyrrole nitrogens is 1. The van der Waals surface area contributed by atoms with E-state index in [2.05, 4.69) is 46.3 Å². The summed E-state index contributed by atoms with van der Waals surface area (Å²) >= 11 is 3.24. The highest BCUT2D eigenvalue weighted by molar-refractivity contribution is 9.10. The van der Waals surface area contributed by atoms with E-state index in [1.165, 1.54) is 29.0 Å². The summed E-state index contributed by atoms with van der Waals surface area (Å²) in [4.78, 5) is 23.7. The largest absolute Gasteiger partial charge is 0.573 e. The Balaban J connectivity index is 1.64. The number of nitrogens with one attached hydrogen (secondary N) is 3. The number of halogens is 4. The summed E-state index contributed by atoms with van der Waals surface area (Å²) in [6.45, 7) is 2.41. The monoisotopic (exact) mass is 486 g/mol. The van der Waals surface area contributed by atoms with Gasteiger partial charge < -0.3 is 20.4 Å². The summed E-state index contributed by atoms with van der Waals surface area (Å²) in [7, 11) is 0. The van der Waals surface area contributed by atoms with Crippen LogP contribution in [0.5, 0.6) is 5.75 Å². The van der Waals surface area contributed by atoms with Crippen LogP contribution in [0.4, 0.5) is 19.1 Å². The molecule has 0 radical (unpaired) electrons. The van der Waals surface area contributed by atoms with Crippen molar-refractivity contribution in [3.05, 3.63) is 44.9 Å². The Labute approximate surface area is 177 Å². The summed E-state index contributed by atoms with van der Waals surface area (Å²) < 4.78 is 44.2. The molecule has 30 heavy (non-hydrogen) atoms. The third kappa shape index (κ3) is 4.75. The second-order valence-electron chi connectivity index (χ2n) is 6.99. The number of hydrogen-bond donors (Lipinski definition) is 3. The van der Waals surface area contributed by atoms with Crippen LogP contribution in [0.25, 0.3) is 11.2 Å². The van der Waals surface area contributed by atoms with Crippen molar-refractivity contribution >= 4 is 33.0 Å². The van der Waals surface area contributed by atoms with Gasteiger partial charge in [0.15, 0.2) is 5.65 Å². The second-order valence-corrected chi connectivity index (χ2v) is 7.90. The minimum Gasteiger partial charge on any atom is -0.405 e. The zero-order valence-corrected chi connectivity index (χ0v) is 17.2. The van der Waals surface area contributed by atoms with Crippen molar-refractivity contribution in [2.24, 2.45) is 5.92 Å². The standard InChI is InChI=1S/C18H18BrF3N6O2/c19-12-1-2-14(30-18(20,21)22)11(5-12)9-28-15-13(26-17(28)29)8-25-16(27-15)24-7-10-3-4-23-6-10/h1-2,5,8,10,23H,3-4,6-7,9H2,(H,26,29)(H,24,25,27). The zero-order chi connectivity index (χ0) is 21.3. The topological polar surface area (TPSA) is 96.9 Å². The van der Waals surface area contributed by atoms with E-state index in [0.717, 1.165) is 19.5 Å². The van der Waals surface area contributed by atoms with Crippen molar-refractivity contribution in [1.29, 1.82) is 0 Å². The highest BCUT2D eigenvalue weighted by atomic mass is 79.9. The quantitative estimate of drug-likeness (QED) is 0.495. The lowest BCUT2D eigenvalue weighted by Crippen LogP contribution is -2.21. The average Bonchev–Trinajstić information content (AvgIpc) is 3.29. The van der Waals surface area contributed by atoms with Gasteiger partial charge in [0.2, 0.25) is 5.95 Å². The summed E-state index contributed by atoms with van der Waals surface area (Å²) in [6.07, 6.45) is -2.32. The molecule has 8 nitrogen and oxygen atoms in total. The zero-order valence-electron chi connectivity index (χ0n) is 15.6. The summed E-state index contributed by atoms with van der Waals surface area (Å²) in [6, 6.07) is 4.11. The van der Waals surface area contributed by atoms with Gasteiger partial charge in [-0.25, -0.2) is 9.78 Å². The number of aromatic amines is 1. The molecule has 2 aromatic heterocycles. The SMILES string of the molecule is O=c1[nH]c2cnc(NCC3CCNC3)nc2n1Cc1cc(Br)ccc1OC(F)(F)F. The summed E-state index contributed by atoms with van der Waals surface area (Å²) in [5.41, 5.74) is 0.352. The minimum atomic E-state index is -4.85. The van der Waals surface area contributed by atoms with Crippen molar-refractivity contribution in [1.82, 2.24) is 24.8 Å². The van der Waals surface area contributed by atoms with Crippen LogP contribution in [0.3, 0.4) is 0 Å². The fourth-order valence-electron chi connectivity index (χ4n) is 3.37. The first-order valence-corrected chi connectivity index (χ1v) is 10.0. The molecule has 1 saturated heterocycles. The van der Waals surface area contributed by atoms with Crippen LogP contribution in [-0.4, -0.2) is 45.5 Å². The van der Waals surface area contributed by atoms with Gasteiger partial charge in [-0.3, -0.25) is 4.57 Å². The van der Waals surface area contributed by atoms with Gasteiger partial charge in [0, 0.05) is 16.6 Å². The number of anilines is 1. The van der Waals surface area contributed by atoms with Crippen molar-refractivity contribution in [3.63, 3.8) is 0 Å². The smallest absolute Gasteiger partial charge is 0.405 e. The number of benzene rings is 1. The number of alkyl halides is 3. The molecule has 4 rings (SSSR count). The molecular weight excluding hydrogens is 469 g/mol. The molecule has 1 unspecified atom stereocenters. The molecule has 0 bridgehead atoms. The highest BCUT2D eigenvalue weighted by Crippen LogP contribution is 2.29. The number of aromatic nitrogens is 4. The molecular formula is C18H18BrF3N6O2. The Morgan fingerprint density at radius 1 is 1.37 bits per heavy atom. The molecule has 0 spiro atoms. The Bertz CT molecular complexity index is 1110. The summed E-state index contributed by atoms with van der Waals surface area (Å²) in [5.74, 6) is 0.428. The molecule has 0 amide bonds. The van der Waals surface area contributed by atoms with E-state index in [4.69, 9.17) is 0 Å². The van der Waals surface area contributed by atoms with Crippen LogP contribution in [0.15, 0.2) is 33.7 Å². The van der Waals surface area contributed by atoms with Crippen LogP contribution in [0, 0.1) is 5.92 Å². The number of fused-ring (bicyclic) bond motifs is 1. The Kier molecular flexibility index (Phi) is 5.69. The average molecular weight is 487 g/mol. The number of ether oxygens (including phenoxy) is 1. The number of hydrogen-bond acceptors (Lipinski definition) is 6. The fraction of sp³-hybridized carbons (Fsp3) is 0.389. The maximum Gasteiger partial charge on any atom is 0.573 e. The van der Waals surface area contributed by atoms with E-state index in [0.29, 0.717) is 34.0 Å². The van der Waals surface area contributed by atoms with Gasteiger partial charge in [0.25, 0.3) is 0 Å². The molecule has 1 fully saturated rings. The maximum absolute atomic E-state index is 12.8. The van der Waals surface area contributed by atoms with Crippen LogP contribution in [0.2, 0.25) is 0 Å². The maximum atomic E-state index is 12.8. The molecule has 1 atom stereocenters. The molecule has 1 aromatic carbocycles. The molecule has 0 aliphatic carbocycles. The van der Waals surface area contributed by atoms with Gasteiger partial charge in [-0.2, -0.15) is 4.98 Å². The lowest BCUT2D eigenvalue weighted by molar-refractivity contribution is -0.274. The van der Waals surface area contributed by atoms with Crippen molar-refractivity contribution in [2.45, 2.75) is 19.3 Å². The number of imidazole rings is 1. The van der Waals surface area contributed by atoms with Crippen molar-refractivity contribution in [3.8, 4) is 5.75 Å². The minimum absolute atomic E-state index is 0.160. The van der Waals surface area contributed by atoms with Crippen molar-refractivity contribution in [2.75, 3.05) is 25.0 Å². The van der Waals surface area contributed by atoms with Gasteiger partial charge >= 0.3 is 12.1 Å². The third-order valence-corrected chi connectivity index (χ3v) is 5.29. The van der Waals surface area contributed by atoms with E-state index < -0.39 is 12.1 Å². The summed E-state index contributed by atoms with van der Waals surface area (Å²) in [5, 5.41) is 6.44. The molecule has 1 aliphatic rings. The van der Waals surface area contributed by atoms with E-state index in [1.54, 1.807) is 0 Å². The predicted molar refractivity (Wildman–Crippen MR) is 108 cm³/mol. The first-order valence-electron chi connectivity index (χ1n) is 9.23. The normalized spacial score (nSPS) is 16.9. The van der Waals surface area contributed by atoms with Gasteiger partial charge in [0.1, 0.15) is 11.3 Å². The lowest BCUT2D eigenvalue weighted by atomic mass is 10.1. The number of rotatable bonds is 6. The first kappa shape index (κ1) is 20.7. The van der Waals surface area contributed by atoms with Crippen LogP contribution in [-0.2, 0) is 6.54 Å². The van der Waals surface area contributed by atoms with Gasteiger partial charge in [0.05, 0.1) is 12.7 Å². The third-order valence-electron chi connectivity index (χ3n) is 4.80. The molecule has 12 heteroatoms. The highest BCUT2D eigenvalue weighted by Gasteiger charge is 2.32. The van der Waals surface area contributed by atoms with Gasteiger partial charge in [-0.05, 0) is 43.6 Å². The van der Waals surface area contributed by atoms with Crippen LogP contribution in [0.1, 0.15) is 12.0 Å². The van der Waals surface area contributed by atoms with E-state index in [9.17, 15) is 18.0 Å². The van der Waals surface area contributed by atoms with Crippen LogP contribution >= 0.6 is 15.9 Å². The van der Waals surface area contributed by atoms with Crippen LogP contribution < -0.4 is 21.1 Å². The van der Waals surface area contributed by atoms with E-state index in [-0.39, 0.29) is 17.9 Å². The second kappa shape index (κ2) is 8.26. The molecule has 3 aromatic rings. The fourth-order valence-corrected chi connectivity index (χ4v) is 3.78. The number of nitrogens with zero attached hydrogens (tertiary/aromatic N) is 3. The molecule has 3 heterocycles. The van der Waals surface area contributed by atoms with E-state index >= 15 is 0 Å². The van der Waals surface area contributed by atoms with Gasteiger partial charge in [-0.15, -0.1) is 13.2 Å². The Morgan fingerprint density at radius 3 is 2.93 bits per heavy atom. The molecule has 160 valence electrons. The first-order chi connectivity index (χ1) is 14.3. The van der Waals surface area contributed by atoms with Crippen molar-refractivity contribution < 1.29 is 17.9 Å². The lowest BCUT2D eigenvalue weighted by Gasteiger charge is -2.14. The molecule has 0 saturated carbocycles. The predicted octanol–water partition coefficient (Wildman–Crippen LogP) is 2.85. The molecule has 1 aliphatic heterocycles.